The quantitative estimate of drug-likeness (QED) is 0.547. The largest absolute Gasteiger partial charge is 0.388 e. The van der Waals surface area contributed by atoms with E-state index in [2.05, 4.69) is 15.3 Å². The summed E-state index contributed by atoms with van der Waals surface area (Å²) in [4.78, 5) is 23.5. The lowest BCUT2D eigenvalue weighted by atomic mass is 9.80. The van der Waals surface area contributed by atoms with Crippen molar-refractivity contribution in [3.8, 4) is 0 Å². The molecule has 0 spiro atoms. The molecule has 1 aliphatic heterocycles. The molecule has 1 saturated carbocycles. The van der Waals surface area contributed by atoms with E-state index in [9.17, 15) is 18.7 Å². The minimum atomic E-state index is -2.99. The molecule has 1 aliphatic carbocycles. The van der Waals surface area contributed by atoms with Crippen LogP contribution >= 0.6 is 11.3 Å². The van der Waals surface area contributed by atoms with E-state index >= 15 is 0 Å². The topological polar surface area (TPSA) is 81.2 Å². The van der Waals surface area contributed by atoms with Crippen LogP contribution in [0, 0.1) is 0 Å². The van der Waals surface area contributed by atoms with Gasteiger partial charge in [-0.05, 0) is 31.4 Å². The number of alkyl halides is 2. The fourth-order valence-corrected chi connectivity index (χ4v) is 5.29. The number of carbonyl (C=O) groups is 1. The van der Waals surface area contributed by atoms with Gasteiger partial charge in [0.15, 0.2) is 5.13 Å². The monoisotopic (exact) mass is 446 g/mol. The summed E-state index contributed by atoms with van der Waals surface area (Å²) in [6, 6.07) is 6.19. The first-order valence-electron chi connectivity index (χ1n) is 10.5. The summed E-state index contributed by atoms with van der Waals surface area (Å²) >= 11 is 1.50. The van der Waals surface area contributed by atoms with Crippen LogP contribution < -0.4 is 5.32 Å². The van der Waals surface area contributed by atoms with E-state index in [0.717, 1.165) is 41.9 Å². The van der Waals surface area contributed by atoms with Crippen molar-refractivity contribution in [2.24, 2.45) is 0 Å². The predicted octanol–water partition coefficient (Wildman–Crippen LogP) is 4.26. The molecular formula is C22H24F2N4O2S. The van der Waals surface area contributed by atoms with Crippen LogP contribution in [0.3, 0.4) is 0 Å². The molecule has 0 unspecified atom stereocenters. The normalized spacial score (nSPS) is 18.0. The minimum absolute atomic E-state index is 0.0903. The molecule has 3 heterocycles. The van der Waals surface area contributed by atoms with Gasteiger partial charge >= 0.3 is 0 Å². The lowest BCUT2D eigenvalue weighted by Gasteiger charge is -2.36. The standard InChI is InChI=1S/C22H24F2N4O2S/c1-21(23,24)14-4-2-5-15-13(14)10-17(26-15)19(29)28-9-6-16-18(11-28)31-20(27-16)25-12-22(30)7-3-8-22/h2,4-5,10,26,30H,3,6-9,11-12H2,1H3,(H,25,27). The second kappa shape index (κ2) is 7.27. The van der Waals surface area contributed by atoms with Crippen molar-refractivity contribution in [1.29, 1.82) is 0 Å². The number of amides is 1. The summed E-state index contributed by atoms with van der Waals surface area (Å²) in [5.74, 6) is -3.19. The first kappa shape index (κ1) is 20.4. The zero-order chi connectivity index (χ0) is 21.8. The lowest BCUT2D eigenvalue weighted by Crippen LogP contribution is -2.43. The number of aromatic amines is 1. The number of halogens is 2. The van der Waals surface area contributed by atoms with E-state index < -0.39 is 11.5 Å². The van der Waals surface area contributed by atoms with Crippen molar-refractivity contribution in [3.63, 3.8) is 0 Å². The zero-order valence-corrected chi connectivity index (χ0v) is 18.0. The number of H-pyrrole nitrogens is 1. The highest BCUT2D eigenvalue weighted by atomic mass is 32.1. The molecule has 2 aliphatic rings. The van der Waals surface area contributed by atoms with Crippen LogP contribution in [0.4, 0.5) is 13.9 Å². The number of rotatable bonds is 5. The molecule has 9 heteroatoms. The Hall–Kier alpha value is -2.52. The van der Waals surface area contributed by atoms with Crippen molar-refractivity contribution in [2.45, 2.75) is 50.7 Å². The number of nitrogens with one attached hydrogen (secondary N) is 2. The number of hydrogen-bond acceptors (Lipinski definition) is 5. The van der Waals surface area contributed by atoms with Crippen LogP contribution in [0.5, 0.6) is 0 Å². The maximum absolute atomic E-state index is 13.9. The first-order valence-corrected chi connectivity index (χ1v) is 11.3. The highest BCUT2D eigenvalue weighted by Gasteiger charge is 2.34. The number of nitrogens with zero attached hydrogens (tertiary/aromatic N) is 2. The third-order valence-corrected chi connectivity index (χ3v) is 7.28. The minimum Gasteiger partial charge on any atom is -0.388 e. The number of thiazole rings is 1. The Morgan fingerprint density at radius 2 is 2.23 bits per heavy atom. The Labute approximate surface area is 182 Å². The van der Waals surface area contributed by atoms with Crippen molar-refractivity contribution < 1.29 is 18.7 Å². The van der Waals surface area contributed by atoms with Gasteiger partial charge in [-0.1, -0.05) is 23.5 Å². The fourth-order valence-electron chi connectivity index (χ4n) is 4.27. The number of benzene rings is 1. The van der Waals surface area contributed by atoms with Gasteiger partial charge in [-0.25, -0.2) is 13.8 Å². The van der Waals surface area contributed by atoms with Gasteiger partial charge in [0.05, 0.1) is 17.8 Å². The number of anilines is 1. The number of aliphatic hydroxyl groups is 1. The molecule has 1 amide bonds. The summed E-state index contributed by atoms with van der Waals surface area (Å²) in [5, 5.41) is 14.6. The molecule has 31 heavy (non-hydrogen) atoms. The van der Waals surface area contributed by atoms with Crippen LogP contribution in [0.15, 0.2) is 24.3 Å². The number of fused-ring (bicyclic) bond motifs is 2. The third-order valence-electron chi connectivity index (χ3n) is 6.24. The molecule has 0 radical (unpaired) electrons. The summed E-state index contributed by atoms with van der Waals surface area (Å²) in [6.45, 7) is 2.30. The molecule has 0 bridgehead atoms. The lowest BCUT2D eigenvalue weighted by molar-refractivity contribution is -0.0202. The molecule has 1 fully saturated rings. The first-order chi connectivity index (χ1) is 14.7. The molecule has 3 aromatic rings. The Kier molecular flexibility index (Phi) is 4.78. The SMILES string of the molecule is CC(F)(F)c1cccc2[nH]c(C(=O)N3CCc4nc(NCC5(O)CCC5)sc4C3)cc12. The molecule has 0 atom stereocenters. The van der Waals surface area contributed by atoms with E-state index in [1.54, 1.807) is 17.0 Å². The average Bonchev–Trinajstić information content (AvgIpc) is 3.32. The summed E-state index contributed by atoms with van der Waals surface area (Å²) in [7, 11) is 0. The molecular weight excluding hydrogens is 422 g/mol. The second-order valence-electron chi connectivity index (χ2n) is 8.64. The molecule has 1 aromatic carbocycles. The van der Waals surface area contributed by atoms with E-state index in [4.69, 9.17) is 0 Å². The Morgan fingerprint density at radius 3 is 2.94 bits per heavy atom. The van der Waals surface area contributed by atoms with Gasteiger partial charge in [-0.2, -0.15) is 0 Å². The van der Waals surface area contributed by atoms with Crippen LogP contribution in [0.1, 0.15) is 52.8 Å². The van der Waals surface area contributed by atoms with E-state index in [1.165, 1.54) is 23.5 Å². The fraction of sp³-hybridized carbons (Fsp3) is 0.455. The van der Waals surface area contributed by atoms with Gasteiger partial charge in [-0.3, -0.25) is 4.79 Å². The third kappa shape index (κ3) is 3.80. The van der Waals surface area contributed by atoms with Crippen LogP contribution in [-0.2, 0) is 18.9 Å². The zero-order valence-electron chi connectivity index (χ0n) is 17.2. The summed E-state index contributed by atoms with van der Waals surface area (Å²) < 4.78 is 27.9. The molecule has 6 nitrogen and oxygen atoms in total. The Bertz CT molecular complexity index is 1150. The van der Waals surface area contributed by atoms with Gasteiger partial charge in [0.1, 0.15) is 5.69 Å². The van der Waals surface area contributed by atoms with Crippen molar-refractivity contribution in [1.82, 2.24) is 14.9 Å². The van der Waals surface area contributed by atoms with E-state index in [0.29, 0.717) is 42.7 Å². The van der Waals surface area contributed by atoms with Gasteiger partial charge in [0.25, 0.3) is 11.8 Å². The van der Waals surface area contributed by atoms with Crippen LogP contribution in [-0.4, -0.2) is 44.6 Å². The smallest absolute Gasteiger partial charge is 0.271 e. The summed E-state index contributed by atoms with van der Waals surface area (Å²) in [5.41, 5.74) is 1.09. The predicted molar refractivity (Wildman–Crippen MR) is 116 cm³/mol. The Balaban J connectivity index is 1.32. The van der Waals surface area contributed by atoms with Gasteiger partial charge < -0.3 is 20.3 Å². The molecule has 5 rings (SSSR count). The molecule has 2 aromatic heterocycles. The maximum atomic E-state index is 13.9. The van der Waals surface area contributed by atoms with E-state index in [-0.39, 0.29) is 11.5 Å². The average molecular weight is 447 g/mol. The van der Waals surface area contributed by atoms with Crippen LogP contribution in [0.25, 0.3) is 10.9 Å². The van der Waals surface area contributed by atoms with Crippen LogP contribution in [0.2, 0.25) is 0 Å². The highest BCUT2D eigenvalue weighted by Crippen LogP contribution is 2.35. The van der Waals surface area contributed by atoms with Gasteiger partial charge in [-0.15, -0.1) is 0 Å². The van der Waals surface area contributed by atoms with Crippen molar-refractivity contribution >= 4 is 33.3 Å². The van der Waals surface area contributed by atoms with Gasteiger partial charge in [0.2, 0.25) is 0 Å². The highest BCUT2D eigenvalue weighted by molar-refractivity contribution is 7.15. The molecule has 0 saturated heterocycles. The van der Waals surface area contributed by atoms with Crippen molar-refractivity contribution in [2.75, 3.05) is 18.4 Å². The number of aromatic nitrogens is 2. The number of hydrogen-bond donors (Lipinski definition) is 3. The molecule has 3 N–H and O–H groups in total. The van der Waals surface area contributed by atoms with E-state index in [1.807, 2.05) is 0 Å². The van der Waals surface area contributed by atoms with Crippen molar-refractivity contribution in [3.05, 3.63) is 46.1 Å². The number of carbonyl (C=O) groups excluding carboxylic acids is 1. The second-order valence-corrected chi connectivity index (χ2v) is 9.72. The Morgan fingerprint density at radius 1 is 1.42 bits per heavy atom. The molecule has 164 valence electrons. The van der Waals surface area contributed by atoms with Gasteiger partial charge in [0, 0.05) is 47.8 Å². The summed E-state index contributed by atoms with van der Waals surface area (Å²) in [6.07, 6.45) is 3.31. The maximum Gasteiger partial charge on any atom is 0.271 e.